The summed E-state index contributed by atoms with van der Waals surface area (Å²) in [5.41, 5.74) is 0.567. The summed E-state index contributed by atoms with van der Waals surface area (Å²) < 4.78 is 27.2. The third-order valence-corrected chi connectivity index (χ3v) is 7.55. The van der Waals surface area contributed by atoms with Crippen molar-refractivity contribution in [3.63, 3.8) is 0 Å². The first-order chi connectivity index (χ1) is 12.3. The van der Waals surface area contributed by atoms with E-state index < -0.39 is 10.0 Å². The lowest BCUT2D eigenvalue weighted by atomic mass is 9.91. The number of likely N-dealkylation sites (tertiary alicyclic amines) is 1. The Balaban J connectivity index is 1.72. The van der Waals surface area contributed by atoms with Gasteiger partial charge in [0.2, 0.25) is 10.0 Å². The molecule has 2 atom stereocenters. The molecule has 144 valence electrons. The maximum Gasteiger partial charge on any atom is 0.253 e. The minimum Gasteiger partial charge on any atom is -0.338 e. The summed E-state index contributed by atoms with van der Waals surface area (Å²) >= 11 is 0. The molecule has 2 aliphatic heterocycles. The molecule has 0 aliphatic carbocycles. The molecular formula is C20H30N2O3S. The Kier molecular flexibility index (Phi) is 5.72. The highest BCUT2D eigenvalue weighted by Crippen LogP contribution is 2.25. The van der Waals surface area contributed by atoms with E-state index in [0.717, 1.165) is 32.4 Å². The molecule has 3 rings (SSSR count). The summed E-state index contributed by atoms with van der Waals surface area (Å²) in [6.07, 6.45) is 2.96. The maximum atomic E-state index is 12.8. The zero-order chi connectivity index (χ0) is 18.9. The summed E-state index contributed by atoms with van der Waals surface area (Å²) in [7, 11) is -3.46. The van der Waals surface area contributed by atoms with E-state index in [2.05, 4.69) is 20.8 Å². The quantitative estimate of drug-likeness (QED) is 0.811. The Labute approximate surface area is 157 Å². The molecule has 0 spiro atoms. The number of piperidine rings is 2. The van der Waals surface area contributed by atoms with Gasteiger partial charge in [-0.05, 0) is 61.3 Å². The fourth-order valence-electron chi connectivity index (χ4n) is 4.16. The zero-order valence-corrected chi connectivity index (χ0v) is 16.8. The van der Waals surface area contributed by atoms with Gasteiger partial charge >= 0.3 is 0 Å². The highest BCUT2D eigenvalue weighted by molar-refractivity contribution is 7.89. The van der Waals surface area contributed by atoms with Gasteiger partial charge in [0.05, 0.1) is 4.90 Å². The van der Waals surface area contributed by atoms with E-state index in [-0.39, 0.29) is 10.8 Å². The van der Waals surface area contributed by atoms with Crippen LogP contribution in [0.5, 0.6) is 0 Å². The van der Waals surface area contributed by atoms with E-state index in [1.54, 1.807) is 28.6 Å². The summed E-state index contributed by atoms with van der Waals surface area (Å²) in [4.78, 5) is 14.9. The average molecular weight is 379 g/mol. The van der Waals surface area contributed by atoms with Crippen LogP contribution in [0.1, 0.15) is 50.4 Å². The molecule has 1 aromatic carbocycles. The summed E-state index contributed by atoms with van der Waals surface area (Å²) in [5.74, 6) is 1.59. The summed E-state index contributed by atoms with van der Waals surface area (Å²) in [6.45, 7) is 9.20. The molecular weight excluding hydrogens is 348 g/mol. The molecule has 1 aromatic rings. The van der Waals surface area contributed by atoms with Gasteiger partial charge in [-0.1, -0.05) is 20.8 Å². The van der Waals surface area contributed by atoms with Crippen LogP contribution in [-0.4, -0.2) is 49.7 Å². The largest absolute Gasteiger partial charge is 0.338 e. The van der Waals surface area contributed by atoms with Gasteiger partial charge in [-0.25, -0.2) is 8.42 Å². The van der Waals surface area contributed by atoms with Crippen LogP contribution in [0.15, 0.2) is 29.2 Å². The van der Waals surface area contributed by atoms with Gasteiger partial charge in [0.15, 0.2) is 0 Å². The van der Waals surface area contributed by atoms with Crippen LogP contribution in [-0.2, 0) is 10.0 Å². The Morgan fingerprint density at radius 1 is 0.923 bits per heavy atom. The van der Waals surface area contributed by atoms with E-state index in [9.17, 15) is 13.2 Å². The molecule has 0 bridgehead atoms. The van der Waals surface area contributed by atoms with Crippen LogP contribution in [0.2, 0.25) is 0 Å². The Bertz CT molecular complexity index is 727. The molecule has 26 heavy (non-hydrogen) atoms. The topological polar surface area (TPSA) is 57.7 Å². The van der Waals surface area contributed by atoms with E-state index in [0.29, 0.717) is 36.4 Å². The molecule has 2 heterocycles. The second kappa shape index (κ2) is 7.69. The number of sulfonamides is 1. The lowest BCUT2D eigenvalue weighted by Crippen LogP contribution is -2.42. The molecule has 2 fully saturated rings. The number of hydrogen-bond donors (Lipinski definition) is 0. The van der Waals surface area contributed by atoms with Gasteiger partial charge in [0, 0.05) is 31.7 Å². The summed E-state index contributed by atoms with van der Waals surface area (Å²) in [5, 5.41) is 0. The first kappa shape index (κ1) is 19.4. The molecule has 5 nitrogen and oxygen atoms in total. The minimum absolute atomic E-state index is 0.000791. The first-order valence-corrected chi connectivity index (χ1v) is 11.1. The van der Waals surface area contributed by atoms with Crippen LogP contribution in [0.25, 0.3) is 0 Å². The van der Waals surface area contributed by atoms with Crippen LogP contribution in [0, 0.1) is 17.8 Å². The van der Waals surface area contributed by atoms with Gasteiger partial charge in [0.1, 0.15) is 0 Å². The van der Waals surface area contributed by atoms with E-state index in [1.807, 2.05) is 4.90 Å². The van der Waals surface area contributed by atoms with E-state index in [4.69, 9.17) is 0 Å². The van der Waals surface area contributed by atoms with Crippen molar-refractivity contribution in [2.45, 2.75) is 44.9 Å². The Morgan fingerprint density at radius 2 is 1.46 bits per heavy atom. The number of nitrogens with zero attached hydrogens (tertiary/aromatic N) is 2. The van der Waals surface area contributed by atoms with Gasteiger partial charge < -0.3 is 4.90 Å². The van der Waals surface area contributed by atoms with Crippen molar-refractivity contribution in [1.82, 2.24) is 9.21 Å². The molecule has 1 amide bonds. The molecule has 0 unspecified atom stereocenters. The second-order valence-corrected chi connectivity index (χ2v) is 10.2. The van der Waals surface area contributed by atoms with E-state index in [1.165, 1.54) is 0 Å². The monoisotopic (exact) mass is 378 g/mol. The van der Waals surface area contributed by atoms with Gasteiger partial charge in [-0.2, -0.15) is 4.31 Å². The molecule has 0 saturated carbocycles. The number of benzene rings is 1. The highest BCUT2D eigenvalue weighted by Gasteiger charge is 2.29. The minimum atomic E-state index is -3.46. The molecule has 2 aliphatic rings. The molecule has 0 radical (unpaired) electrons. The second-order valence-electron chi connectivity index (χ2n) is 8.27. The number of carbonyl (C=O) groups is 1. The number of carbonyl (C=O) groups excluding carboxylic acids is 1. The van der Waals surface area contributed by atoms with Crippen molar-refractivity contribution < 1.29 is 13.2 Å². The fraction of sp³-hybridized carbons (Fsp3) is 0.650. The first-order valence-electron chi connectivity index (χ1n) is 9.67. The number of amides is 1. The van der Waals surface area contributed by atoms with E-state index >= 15 is 0 Å². The third-order valence-electron chi connectivity index (χ3n) is 5.64. The predicted molar refractivity (Wildman–Crippen MR) is 102 cm³/mol. The average Bonchev–Trinajstić information content (AvgIpc) is 2.61. The molecule has 2 saturated heterocycles. The zero-order valence-electron chi connectivity index (χ0n) is 16.0. The number of rotatable bonds is 3. The van der Waals surface area contributed by atoms with Crippen molar-refractivity contribution in [3.8, 4) is 0 Å². The van der Waals surface area contributed by atoms with Crippen LogP contribution in [0.4, 0.5) is 0 Å². The van der Waals surface area contributed by atoms with Crippen LogP contribution >= 0.6 is 0 Å². The predicted octanol–water partition coefficient (Wildman–Crippen LogP) is 3.23. The van der Waals surface area contributed by atoms with Crippen molar-refractivity contribution in [3.05, 3.63) is 29.8 Å². The van der Waals surface area contributed by atoms with Crippen LogP contribution < -0.4 is 0 Å². The lowest BCUT2D eigenvalue weighted by Gasteiger charge is -2.35. The Morgan fingerprint density at radius 3 is 2.00 bits per heavy atom. The third kappa shape index (κ3) is 4.12. The Hall–Kier alpha value is -1.40. The van der Waals surface area contributed by atoms with Gasteiger partial charge in [0.25, 0.3) is 5.91 Å². The van der Waals surface area contributed by atoms with Crippen molar-refractivity contribution in [2.24, 2.45) is 17.8 Å². The van der Waals surface area contributed by atoms with Gasteiger partial charge in [-0.15, -0.1) is 0 Å². The van der Waals surface area contributed by atoms with Crippen molar-refractivity contribution in [1.29, 1.82) is 0 Å². The maximum absolute atomic E-state index is 12.8. The molecule has 0 N–H and O–H groups in total. The van der Waals surface area contributed by atoms with Crippen LogP contribution in [0.3, 0.4) is 0 Å². The van der Waals surface area contributed by atoms with Crippen molar-refractivity contribution >= 4 is 15.9 Å². The van der Waals surface area contributed by atoms with Gasteiger partial charge in [-0.3, -0.25) is 4.79 Å². The smallest absolute Gasteiger partial charge is 0.253 e. The number of hydrogen-bond acceptors (Lipinski definition) is 3. The standard InChI is InChI=1S/C20H30N2O3S/c1-15-8-10-22(11-9-15)26(24,25)19-6-4-18(5-7-19)20(23)21-13-16(2)12-17(3)14-21/h4-7,15-17H,8-14H2,1-3H3/t16-,17-/m0/s1. The fourth-order valence-corrected chi connectivity index (χ4v) is 5.62. The molecule has 6 heteroatoms. The SMILES string of the molecule is CC1CCN(S(=O)(=O)c2ccc(C(=O)N3C[C@@H](C)C[C@H](C)C3)cc2)CC1. The normalized spacial score (nSPS) is 26.0. The highest BCUT2D eigenvalue weighted by atomic mass is 32.2. The van der Waals surface area contributed by atoms with Crippen molar-refractivity contribution in [2.75, 3.05) is 26.2 Å². The molecule has 0 aromatic heterocycles. The lowest BCUT2D eigenvalue weighted by molar-refractivity contribution is 0.0623. The summed E-state index contributed by atoms with van der Waals surface area (Å²) in [6, 6.07) is 6.48.